The van der Waals surface area contributed by atoms with E-state index < -0.39 is 0 Å². The fourth-order valence-electron chi connectivity index (χ4n) is 2.95. The topological polar surface area (TPSA) is 50.9 Å². The van der Waals surface area contributed by atoms with Crippen molar-refractivity contribution in [2.45, 2.75) is 58.1 Å². The Balaban J connectivity index is 1.75. The van der Waals surface area contributed by atoms with Gasteiger partial charge in [0.25, 0.3) is 0 Å². The molecule has 1 saturated heterocycles. The lowest BCUT2D eigenvalue weighted by Gasteiger charge is -2.27. The van der Waals surface area contributed by atoms with Crippen molar-refractivity contribution in [3.05, 3.63) is 15.8 Å². The van der Waals surface area contributed by atoms with Crippen molar-refractivity contribution in [1.82, 2.24) is 0 Å². The van der Waals surface area contributed by atoms with Crippen LogP contribution in [0.25, 0.3) is 0 Å². The Kier molecular flexibility index (Phi) is 4.63. The first kappa shape index (κ1) is 17.3. The third-order valence-corrected chi connectivity index (χ3v) is 5.50. The van der Waals surface area contributed by atoms with Gasteiger partial charge in [-0.1, -0.05) is 11.8 Å². The number of ether oxygens (including phenoxy) is 2. The van der Waals surface area contributed by atoms with Crippen molar-refractivity contribution in [2.24, 2.45) is 5.41 Å². The zero-order chi connectivity index (χ0) is 17.4. The highest BCUT2D eigenvalue weighted by Crippen LogP contribution is 2.42. The van der Waals surface area contributed by atoms with Gasteiger partial charge in [-0.2, -0.15) is 0 Å². The maximum absolute atomic E-state index is 12.1. The number of nitrogens with one attached hydrogen (secondary N) is 1. The second-order valence-corrected chi connectivity index (χ2v) is 8.79. The Morgan fingerprint density at radius 1 is 1.42 bits per heavy atom. The molecule has 1 aromatic rings. The molecule has 1 N–H and O–H groups in total. The molecule has 24 heavy (non-hydrogen) atoms. The van der Waals surface area contributed by atoms with Crippen LogP contribution in [0.1, 0.15) is 61.0 Å². The molecular weight excluding hydrogens is 322 g/mol. The molecule has 2 heterocycles. The van der Waals surface area contributed by atoms with Gasteiger partial charge in [0.1, 0.15) is 4.88 Å². The first-order valence-corrected chi connectivity index (χ1v) is 9.28. The van der Waals surface area contributed by atoms with E-state index in [4.69, 9.17) is 9.47 Å². The van der Waals surface area contributed by atoms with Crippen LogP contribution in [0.3, 0.4) is 0 Å². The molecule has 1 aliphatic carbocycles. The van der Waals surface area contributed by atoms with Crippen molar-refractivity contribution >= 4 is 23.0 Å². The summed E-state index contributed by atoms with van der Waals surface area (Å²) in [6.45, 7) is 7.14. The average molecular weight is 347 g/mol. The van der Waals surface area contributed by atoms with Crippen molar-refractivity contribution in [3.8, 4) is 11.8 Å². The Hall–Kier alpha value is -1.51. The van der Waals surface area contributed by atoms with Crippen LogP contribution >= 0.6 is 11.3 Å². The molecule has 5 heteroatoms. The molecule has 1 aliphatic heterocycles. The van der Waals surface area contributed by atoms with E-state index in [0.717, 1.165) is 42.9 Å². The lowest BCUT2D eigenvalue weighted by atomic mass is 9.86. The van der Waals surface area contributed by atoms with Crippen molar-refractivity contribution in [3.63, 3.8) is 0 Å². The zero-order valence-electron chi connectivity index (χ0n) is 14.8. The highest BCUT2D eigenvalue weighted by atomic mass is 32.1. The second-order valence-electron chi connectivity index (χ2n) is 7.74. The number of hydrogen-bond donors (Lipinski definition) is 1. The number of carbonyl (C=O) groups is 1. The van der Waals surface area contributed by atoms with Crippen LogP contribution in [0.4, 0.5) is 5.69 Å². The molecule has 2 fully saturated rings. The van der Waals surface area contributed by atoms with Gasteiger partial charge in [-0.25, -0.2) is 4.79 Å². The lowest BCUT2D eigenvalue weighted by molar-refractivity contribution is 0.0607. The van der Waals surface area contributed by atoms with Crippen molar-refractivity contribution < 1.29 is 14.3 Å². The molecule has 0 unspecified atom stereocenters. The summed E-state index contributed by atoms with van der Waals surface area (Å²) in [5.41, 5.74) is 0.967. The summed E-state index contributed by atoms with van der Waals surface area (Å²) in [6.07, 6.45) is 4.33. The van der Waals surface area contributed by atoms with Crippen LogP contribution in [0.2, 0.25) is 0 Å². The zero-order valence-corrected chi connectivity index (χ0v) is 15.6. The summed E-state index contributed by atoms with van der Waals surface area (Å²) < 4.78 is 10.5. The summed E-state index contributed by atoms with van der Waals surface area (Å²) in [5.74, 6) is 6.11. The third kappa shape index (κ3) is 4.12. The highest BCUT2D eigenvalue weighted by Gasteiger charge is 2.46. The molecule has 1 saturated carbocycles. The van der Waals surface area contributed by atoms with E-state index in [0.29, 0.717) is 10.9 Å². The number of esters is 1. The van der Waals surface area contributed by atoms with Gasteiger partial charge < -0.3 is 14.8 Å². The minimum absolute atomic E-state index is 0.0645. The number of thiophene rings is 1. The summed E-state index contributed by atoms with van der Waals surface area (Å²) in [7, 11) is 1.42. The summed E-state index contributed by atoms with van der Waals surface area (Å²) in [4.78, 5) is 13.6. The molecule has 4 nitrogen and oxygen atoms in total. The van der Waals surface area contributed by atoms with Gasteiger partial charge in [0.2, 0.25) is 0 Å². The van der Waals surface area contributed by atoms with Crippen LogP contribution in [0.5, 0.6) is 0 Å². The molecule has 2 aliphatic rings. The van der Waals surface area contributed by atoms with Gasteiger partial charge in [-0.3, -0.25) is 0 Å². The number of methoxy groups -OCH3 is 1. The van der Waals surface area contributed by atoms with E-state index in [1.807, 2.05) is 6.07 Å². The normalized spacial score (nSPS) is 25.8. The Labute approximate surface area is 147 Å². The smallest absolute Gasteiger partial charge is 0.350 e. The van der Waals surface area contributed by atoms with E-state index in [-0.39, 0.29) is 17.0 Å². The third-order valence-electron chi connectivity index (χ3n) is 4.47. The minimum Gasteiger partial charge on any atom is -0.465 e. The van der Waals surface area contributed by atoms with Crippen LogP contribution in [0.15, 0.2) is 6.07 Å². The van der Waals surface area contributed by atoms with E-state index >= 15 is 0 Å². The number of hydrogen-bond acceptors (Lipinski definition) is 5. The van der Waals surface area contributed by atoms with Gasteiger partial charge >= 0.3 is 5.97 Å². The Morgan fingerprint density at radius 3 is 2.62 bits per heavy atom. The molecule has 0 amide bonds. The minimum atomic E-state index is -0.302. The molecule has 0 atom stereocenters. The SMILES string of the molecule is COC(=O)c1sc(C#CC(C)(C)C)cc1N[C@H]1CC[C@]2(CC1)CO2. The molecule has 0 bridgehead atoms. The maximum atomic E-state index is 12.1. The number of rotatable bonds is 3. The summed E-state index contributed by atoms with van der Waals surface area (Å²) >= 11 is 1.40. The number of carbonyl (C=O) groups excluding carboxylic acids is 1. The van der Waals surface area contributed by atoms with E-state index in [9.17, 15) is 4.79 Å². The number of epoxide rings is 1. The van der Waals surface area contributed by atoms with Gasteiger partial charge in [0.15, 0.2) is 0 Å². The fraction of sp³-hybridized carbons (Fsp3) is 0.632. The van der Waals surface area contributed by atoms with Crippen LogP contribution in [0, 0.1) is 17.3 Å². The van der Waals surface area contributed by atoms with E-state index in [1.54, 1.807) is 0 Å². The first-order chi connectivity index (χ1) is 11.3. The van der Waals surface area contributed by atoms with E-state index in [2.05, 4.69) is 37.9 Å². The predicted octanol–water partition coefficient (Wildman–Crippen LogP) is 4.06. The molecular formula is C19H25NO3S. The lowest BCUT2D eigenvalue weighted by Crippen LogP contribution is -2.30. The quantitative estimate of drug-likeness (QED) is 0.509. The maximum Gasteiger partial charge on any atom is 0.350 e. The average Bonchev–Trinajstić information content (AvgIpc) is 3.17. The van der Waals surface area contributed by atoms with Crippen molar-refractivity contribution in [1.29, 1.82) is 0 Å². The predicted molar refractivity (Wildman–Crippen MR) is 96.6 cm³/mol. The van der Waals surface area contributed by atoms with Gasteiger partial charge in [0, 0.05) is 11.5 Å². The van der Waals surface area contributed by atoms with Gasteiger partial charge in [-0.15, -0.1) is 11.3 Å². The largest absolute Gasteiger partial charge is 0.465 e. The molecule has 1 spiro atoms. The molecule has 0 radical (unpaired) electrons. The number of anilines is 1. The molecule has 0 aromatic carbocycles. The monoisotopic (exact) mass is 347 g/mol. The van der Waals surface area contributed by atoms with Gasteiger partial charge in [0.05, 0.1) is 29.9 Å². The fourth-order valence-corrected chi connectivity index (χ4v) is 3.85. The van der Waals surface area contributed by atoms with Crippen LogP contribution in [-0.4, -0.2) is 31.3 Å². The Morgan fingerprint density at radius 2 is 2.08 bits per heavy atom. The van der Waals surface area contributed by atoms with E-state index in [1.165, 1.54) is 18.4 Å². The highest BCUT2D eigenvalue weighted by molar-refractivity contribution is 7.15. The van der Waals surface area contributed by atoms with Crippen LogP contribution < -0.4 is 5.32 Å². The Bertz CT molecular complexity index is 676. The summed E-state index contributed by atoms with van der Waals surface area (Å²) in [6, 6.07) is 2.36. The van der Waals surface area contributed by atoms with Crippen LogP contribution in [-0.2, 0) is 9.47 Å². The summed E-state index contributed by atoms with van der Waals surface area (Å²) in [5, 5.41) is 3.53. The molecule has 3 rings (SSSR count). The van der Waals surface area contributed by atoms with Gasteiger partial charge in [-0.05, 0) is 52.5 Å². The molecule has 1 aromatic heterocycles. The molecule has 130 valence electrons. The standard InChI is InChI=1S/C19H25NO3S/c1-18(2,3)8-7-14-11-15(16(24-14)17(21)22-4)20-13-5-9-19(10-6-13)12-23-19/h11,13,20H,5-6,9-10,12H2,1-4H3/t13-,19-. The van der Waals surface area contributed by atoms with Crippen molar-refractivity contribution in [2.75, 3.05) is 19.0 Å². The first-order valence-electron chi connectivity index (χ1n) is 8.46. The second kappa shape index (κ2) is 6.42.